The van der Waals surface area contributed by atoms with Crippen LogP contribution in [0.1, 0.15) is 22.5 Å². The van der Waals surface area contributed by atoms with Crippen molar-refractivity contribution in [3.8, 4) is 11.5 Å². The second-order valence-electron chi connectivity index (χ2n) is 4.65. The van der Waals surface area contributed by atoms with Gasteiger partial charge in [0.25, 0.3) is 0 Å². The van der Waals surface area contributed by atoms with Crippen molar-refractivity contribution >= 4 is 17.3 Å². The van der Waals surface area contributed by atoms with Crippen LogP contribution in [0.3, 0.4) is 0 Å². The number of Topliss-reactive ketones (excluding diaryl/α,β-unsaturated/α-hetero) is 1. The molecule has 0 spiro atoms. The van der Waals surface area contributed by atoms with Gasteiger partial charge in [-0.2, -0.15) is 0 Å². The molecule has 0 amide bonds. The van der Waals surface area contributed by atoms with Crippen LogP contribution < -0.4 is 4.74 Å². The Labute approximate surface area is 121 Å². The zero-order chi connectivity index (χ0) is 14.8. The molecule has 2 aromatic rings. The van der Waals surface area contributed by atoms with Gasteiger partial charge in [-0.05, 0) is 31.2 Å². The summed E-state index contributed by atoms with van der Waals surface area (Å²) in [5.41, 5.74) is 1.51. The molecule has 0 saturated carbocycles. The van der Waals surface area contributed by atoms with E-state index in [0.29, 0.717) is 41.5 Å². The molecule has 1 aromatic carbocycles. The summed E-state index contributed by atoms with van der Waals surface area (Å²) in [4.78, 5) is 15.9. The van der Waals surface area contributed by atoms with Crippen molar-refractivity contribution in [2.75, 3.05) is 6.61 Å². The number of aromatic hydroxyl groups is 1. The molecule has 0 bridgehead atoms. The number of para-hydroxylation sites is 1. The highest BCUT2D eigenvalue weighted by atomic mass is 16.5. The number of fused-ring (bicyclic) bond motifs is 1. The van der Waals surface area contributed by atoms with E-state index in [1.54, 1.807) is 31.2 Å². The Hall–Kier alpha value is -2.76. The molecule has 106 valence electrons. The van der Waals surface area contributed by atoms with Crippen molar-refractivity contribution in [1.82, 2.24) is 4.98 Å². The van der Waals surface area contributed by atoms with Crippen LogP contribution in [-0.4, -0.2) is 22.5 Å². The second-order valence-corrected chi connectivity index (χ2v) is 4.65. The molecule has 21 heavy (non-hydrogen) atoms. The lowest BCUT2D eigenvalue weighted by atomic mass is 10.0. The molecule has 3 rings (SSSR count). The third-order valence-corrected chi connectivity index (χ3v) is 3.17. The van der Waals surface area contributed by atoms with Crippen LogP contribution >= 0.6 is 0 Å². The number of carbonyl (C=O) groups excluding carboxylic acids is 1. The molecular formula is C15H13N3O3. The minimum atomic E-state index is 0.0481. The van der Waals surface area contributed by atoms with Crippen LogP contribution in [0.25, 0.3) is 0 Å². The van der Waals surface area contributed by atoms with E-state index in [-0.39, 0.29) is 11.5 Å². The molecule has 6 nitrogen and oxygen atoms in total. The largest absolute Gasteiger partial charge is 0.506 e. The number of ether oxygens (including phenoxy) is 1. The topological polar surface area (TPSA) is 84.1 Å². The van der Waals surface area contributed by atoms with E-state index in [4.69, 9.17) is 4.74 Å². The Balaban J connectivity index is 1.94. The molecule has 1 aromatic heterocycles. The van der Waals surface area contributed by atoms with Gasteiger partial charge in [-0.15, -0.1) is 10.2 Å². The van der Waals surface area contributed by atoms with Crippen molar-refractivity contribution in [3.63, 3.8) is 0 Å². The number of ketones is 1. The molecule has 0 aliphatic carbocycles. The van der Waals surface area contributed by atoms with Gasteiger partial charge < -0.3 is 9.84 Å². The molecule has 0 saturated heterocycles. The van der Waals surface area contributed by atoms with E-state index in [1.165, 1.54) is 6.07 Å². The van der Waals surface area contributed by atoms with Gasteiger partial charge in [0.2, 0.25) is 0 Å². The highest BCUT2D eigenvalue weighted by Gasteiger charge is 2.21. The summed E-state index contributed by atoms with van der Waals surface area (Å²) in [6.45, 7) is 2.04. The van der Waals surface area contributed by atoms with Gasteiger partial charge in [-0.25, -0.2) is 4.98 Å². The monoisotopic (exact) mass is 283 g/mol. The maximum Gasteiger partial charge on any atom is 0.174 e. The zero-order valence-electron chi connectivity index (χ0n) is 11.4. The molecule has 1 aliphatic rings. The van der Waals surface area contributed by atoms with E-state index < -0.39 is 0 Å². The van der Waals surface area contributed by atoms with Crippen molar-refractivity contribution in [2.45, 2.75) is 13.3 Å². The highest BCUT2D eigenvalue weighted by molar-refractivity contribution is 6.01. The van der Waals surface area contributed by atoms with Crippen LogP contribution in [0.15, 0.2) is 40.6 Å². The lowest BCUT2D eigenvalue weighted by Gasteiger charge is -2.16. The minimum absolute atomic E-state index is 0.0481. The smallest absolute Gasteiger partial charge is 0.174 e. The Bertz CT molecular complexity index is 741. The molecule has 2 heterocycles. The quantitative estimate of drug-likeness (QED) is 0.855. The molecule has 0 radical (unpaired) electrons. The second kappa shape index (κ2) is 5.32. The van der Waals surface area contributed by atoms with Gasteiger partial charge in [0.05, 0.1) is 17.9 Å². The van der Waals surface area contributed by atoms with Gasteiger partial charge in [0.15, 0.2) is 17.4 Å². The molecule has 6 heteroatoms. The van der Waals surface area contributed by atoms with E-state index in [9.17, 15) is 9.90 Å². The lowest BCUT2D eigenvalue weighted by Crippen LogP contribution is -2.15. The van der Waals surface area contributed by atoms with E-state index >= 15 is 0 Å². The van der Waals surface area contributed by atoms with E-state index in [0.717, 1.165) is 0 Å². The SMILES string of the molecule is Cc1nc(N=Nc2cccc3c2OCCC3=O)ccc1O. The summed E-state index contributed by atoms with van der Waals surface area (Å²) in [5.74, 6) is 1.00. The van der Waals surface area contributed by atoms with Gasteiger partial charge in [-0.3, -0.25) is 4.79 Å². The Morgan fingerprint density at radius 2 is 2.10 bits per heavy atom. The number of hydrogen-bond acceptors (Lipinski definition) is 6. The standard InChI is InChI=1S/C15H13N3O3/c1-9-12(19)5-6-14(16-9)18-17-11-4-2-3-10-13(20)7-8-21-15(10)11/h2-6,19H,7-8H2,1H3. The number of nitrogens with zero attached hydrogens (tertiary/aromatic N) is 3. The zero-order valence-corrected chi connectivity index (χ0v) is 11.4. The first kappa shape index (κ1) is 13.2. The number of hydrogen-bond donors (Lipinski definition) is 1. The summed E-state index contributed by atoms with van der Waals surface area (Å²) in [6.07, 6.45) is 0.381. The van der Waals surface area contributed by atoms with Gasteiger partial charge in [0, 0.05) is 6.42 Å². The summed E-state index contributed by atoms with van der Waals surface area (Å²) in [7, 11) is 0. The van der Waals surface area contributed by atoms with E-state index in [2.05, 4.69) is 15.2 Å². The highest BCUT2D eigenvalue weighted by Crippen LogP contribution is 2.35. The van der Waals surface area contributed by atoms with E-state index in [1.807, 2.05) is 0 Å². The van der Waals surface area contributed by atoms with Crippen LogP contribution in [-0.2, 0) is 0 Å². The van der Waals surface area contributed by atoms with Gasteiger partial charge >= 0.3 is 0 Å². The molecular weight excluding hydrogens is 270 g/mol. The third kappa shape index (κ3) is 2.60. The normalized spacial score (nSPS) is 14.0. The van der Waals surface area contributed by atoms with Crippen LogP contribution in [0.5, 0.6) is 11.5 Å². The van der Waals surface area contributed by atoms with Gasteiger partial charge in [-0.1, -0.05) is 6.07 Å². The number of aryl methyl sites for hydroxylation is 1. The first-order valence-corrected chi connectivity index (χ1v) is 6.52. The summed E-state index contributed by atoms with van der Waals surface area (Å²) < 4.78 is 5.52. The average Bonchev–Trinajstić information content (AvgIpc) is 2.49. The fourth-order valence-electron chi connectivity index (χ4n) is 2.06. The fourth-order valence-corrected chi connectivity index (χ4v) is 2.06. The third-order valence-electron chi connectivity index (χ3n) is 3.17. The summed E-state index contributed by atoms with van der Waals surface area (Å²) in [5, 5.41) is 17.5. The maximum absolute atomic E-state index is 11.8. The predicted octanol–water partition coefficient (Wildman–Crippen LogP) is 3.48. The first-order chi connectivity index (χ1) is 10.1. The predicted molar refractivity (Wildman–Crippen MR) is 75.7 cm³/mol. The number of carbonyl (C=O) groups is 1. The van der Waals surface area contributed by atoms with Crippen LogP contribution in [0, 0.1) is 6.92 Å². The van der Waals surface area contributed by atoms with Gasteiger partial charge in [0.1, 0.15) is 11.4 Å². The Morgan fingerprint density at radius 1 is 1.24 bits per heavy atom. The lowest BCUT2D eigenvalue weighted by molar-refractivity contribution is 0.0934. The van der Waals surface area contributed by atoms with Crippen LogP contribution in [0.4, 0.5) is 11.5 Å². The Kier molecular flexibility index (Phi) is 3.35. The van der Waals surface area contributed by atoms with Crippen molar-refractivity contribution in [1.29, 1.82) is 0 Å². The number of benzene rings is 1. The number of pyridine rings is 1. The van der Waals surface area contributed by atoms with Crippen molar-refractivity contribution < 1.29 is 14.6 Å². The average molecular weight is 283 g/mol. The number of aromatic nitrogens is 1. The minimum Gasteiger partial charge on any atom is -0.506 e. The number of azo groups is 1. The number of rotatable bonds is 2. The van der Waals surface area contributed by atoms with Crippen molar-refractivity contribution in [2.24, 2.45) is 10.2 Å². The molecule has 0 unspecified atom stereocenters. The fraction of sp³-hybridized carbons (Fsp3) is 0.200. The first-order valence-electron chi connectivity index (χ1n) is 6.52. The molecule has 0 fully saturated rings. The Morgan fingerprint density at radius 3 is 2.90 bits per heavy atom. The molecule has 0 atom stereocenters. The van der Waals surface area contributed by atoms with Crippen LogP contribution in [0.2, 0.25) is 0 Å². The van der Waals surface area contributed by atoms with Crippen molar-refractivity contribution in [3.05, 3.63) is 41.6 Å². The maximum atomic E-state index is 11.8. The summed E-state index contributed by atoms with van der Waals surface area (Å²) in [6, 6.07) is 8.27. The molecule has 1 aliphatic heterocycles. The summed E-state index contributed by atoms with van der Waals surface area (Å²) >= 11 is 0. The molecule has 1 N–H and O–H groups in total.